The molecule has 0 N–H and O–H groups in total. The van der Waals surface area contributed by atoms with E-state index in [0.717, 1.165) is 17.5 Å². The Bertz CT molecular complexity index is 1420. The van der Waals surface area contributed by atoms with E-state index in [2.05, 4.69) is 152 Å². The predicted octanol–water partition coefficient (Wildman–Crippen LogP) is 8.95. The van der Waals surface area contributed by atoms with Gasteiger partial charge in [0.25, 0.3) is 0 Å². The number of hydrogen-bond acceptors (Lipinski definition) is 3. The SMILES string of the molecule is COc1c(C(C)(C)C)cc(C)cc1C(C)(C)C1=[C]([Lu]([CH2]c2ccccc2N(C)C)[CH2]c2ccccc2N(C)C)C=CC1. The summed E-state index contributed by atoms with van der Waals surface area (Å²) in [6, 6.07) is 22.6. The van der Waals surface area contributed by atoms with Crippen molar-refractivity contribution < 1.29 is 35.9 Å². The Morgan fingerprint density at radius 3 is 1.74 bits per heavy atom. The topological polar surface area (TPSA) is 15.7 Å². The maximum absolute atomic E-state index is 6.23. The van der Waals surface area contributed by atoms with Crippen LogP contribution in [0.25, 0.3) is 0 Å². The molecular weight excluding hydrogens is 675 g/mol. The second-order valence-corrected chi connectivity index (χ2v) is 17.2. The van der Waals surface area contributed by atoms with Crippen LogP contribution in [0.15, 0.2) is 80.2 Å². The summed E-state index contributed by atoms with van der Waals surface area (Å²) < 4.78 is 10.00. The zero-order valence-corrected chi connectivity index (χ0v) is 29.3. The number of para-hydroxylation sites is 2. The minimum atomic E-state index is -1.17. The van der Waals surface area contributed by atoms with Crippen LogP contribution in [0, 0.1) is 38.0 Å². The van der Waals surface area contributed by atoms with E-state index in [-0.39, 0.29) is 10.8 Å². The fourth-order valence-corrected chi connectivity index (χ4v) is 11.1. The molecule has 3 nitrogen and oxygen atoms in total. The van der Waals surface area contributed by atoms with Gasteiger partial charge in [0.2, 0.25) is 0 Å². The number of anilines is 2. The first-order chi connectivity index (χ1) is 19.8. The Morgan fingerprint density at radius 2 is 1.26 bits per heavy atom. The summed E-state index contributed by atoms with van der Waals surface area (Å²) in [6.45, 7) is 13.9. The third-order valence-electron chi connectivity index (χ3n) is 8.05. The first-order valence-electron chi connectivity index (χ1n) is 14.7. The summed E-state index contributed by atoms with van der Waals surface area (Å²) in [5, 5.41) is 0. The van der Waals surface area contributed by atoms with Gasteiger partial charge in [-0.05, 0) is 0 Å². The first-order valence-corrected chi connectivity index (χ1v) is 17.9. The Hall–Kier alpha value is -2.23. The van der Waals surface area contributed by atoms with Gasteiger partial charge in [-0.1, -0.05) is 0 Å². The second-order valence-electron chi connectivity index (χ2n) is 13.2. The third kappa shape index (κ3) is 6.94. The molecule has 3 aromatic rings. The van der Waals surface area contributed by atoms with Crippen LogP contribution in [0.1, 0.15) is 68.9 Å². The van der Waals surface area contributed by atoms with Gasteiger partial charge in [0.05, 0.1) is 0 Å². The van der Waals surface area contributed by atoms with Crippen molar-refractivity contribution >= 4 is 11.4 Å². The van der Waals surface area contributed by atoms with Crippen LogP contribution in [-0.4, -0.2) is 35.3 Å². The van der Waals surface area contributed by atoms with Gasteiger partial charge in [-0.25, -0.2) is 0 Å². The third-order valence-corrected chi connectivity index (χ3v) is 12.8. The molecule has 0 atom stereocenters. The molecule has 0 radical (unpaired) electrons. The number of aryl methyl sites for hydroxylation is 1. The van der Waals surface area contributed by atoms with Crippen molar-refractivity contribution in [2.45, 2.75) is 64.1 Å². The number of methoxy groups -OCH3 is 1. The standard InChI is InChI=1S/C20H27O.2C9H12N.Lu/c1-14-12-16(19(2,3)4)18(21-7)17(13-14)20(5,6)15-10-8-9-11-15;2*1-8-6-4-5-7-9(8)10(2)3;/h8-9,12-13H,10H2,1-7H3;2*4-7H,1H2,2-3H3;. The Labute approximate surface area is 268 Å². The average molecular weight is 727 g/mol. The van der Waals surface area contributed by atoms with Gasteiger partial charge in [-0.15, -0.1) is 0 Å². The molecule has 0 amide bonds. The van der Waals surface area contributed by atoms with E-state index in [1.807, 2.05) is 7.11 Å². The van der Waals surface area contributed by atoms with Crippen molar-refractivity contribution in [1.82, 2.24) is 0 Å². The normalized spacial score (nSPS) is 13.9. The van der Waals surface area contributed by atoms with Crippen LogP contribution in [-0.2, 0) is 16.1 Å². The summed E-state index contributed by atoms with van der Waals surface area (Å²) in [5.41, 5.74) is 10.8. The zero-order valence-electron chi connectivity index (χ0n) is 27.6. The van der Waals surface area contributed by atoms with Gasteiger partial charge in [-0.3, -0.25) is 0 Å². The van der Waals surface area contributed by atoms with E-state index < -0.39 is 31.1 Å². The minimum absolute atomic E-state index is 0.00531. The molecule has 42 heavy (non-hydrogen) atoms. The summed E-state index contributed by atoms with van der Waals surface area (Å²) in [6.07, 6.45) is 5.87. The second kappa shape index (κ2) is 13.2. The van der Waals surface area contributed by atoms with Crippen LogP contribution < -0.4 is 14.5 Å². The predicted molar refractivity (Wildman–Crippen MR) is 179 cm³/mol. The molecule has 0 aliphatic heterocycles. The van der Waals surface area contributed by atoms with Crippen molar-refractivity contribution in [3.05, 3.63) is 108 Å². The molecule has 0 heterocycles. The number of ether oxygens (including phenoxy) is 1. The molecule has 1 aliphatic rings. The van der Waals surface area contributed by atoms with Crippen molar-refractivity contribution in [2.75, 3.05) is 45.1 Å². The molecule has 0 saturated heterocycles. The molecular formula is C38H51LuN2O. The van der Waals surface area contributed by atoms with Gasteiger partial charge in [-0.2, -0.15) is 0 Å². The van der Waals surface area contributed by atoms with Crippen LogP contribution >= 0.6 is 0 Å². The van der Waals surface area contributed by atoms with Crippen LogP contribution in [0.4, 0.5) is 11.4 Å². The molecule has 3 aromatic carbocycles. The Morgan fingerprint density at radius 1 is 0.762 bits per heavy atom. The molecule has 0 saturated carbocycles. The van der Waals surface area contributed by atoms with Gasteiger partial charge in [0.15, 0.2) is 0 Å². The summed E-state index contributed by atoms with van der Waals surface area (Å²) >= 11 is -1.17. The number of benzene rings is 3. The molecule has 4 rings (SSSR count). The van der Waals surface area contributed by atoms with Crippen molar-refractivity contribution in [3.63, 3.8) is 0 Å². The van der Waals surface area contributed by atoms with Crippen molar-refractivity contribution in [1.29, 1.82) is 0 Å². The molecule has 0 unspecified atom stereocenters. The number of hydrogen-bond donors (Lipinski definition) is 0. The summed E-state index contributed by atoms with van der Waals surface area (Å²) in [4.78, 5) is 4.53. The van der Waals surface area contributed by atoms with Crippen molar-refractivity contribution in [3.8, 4) is 5.75 Å². The average Bonchev–Trinajstić information content (AvgIpc) is 3.43. The first kappa shape index (κ1) is 32.7. The summed E-state index contributed by atoms with van der Waals surface area (Å²) in [7, 11) is 10.5. The van der Waals surface area contributed by atoms with Crippen LogP contribution in [0.2, 0.25) is 0 Å². The van der Waals surface area contributed by atoms with E-state index >= 15 is 0 Å². The van der Waals surface area contributed by atoms with E-state index in [0.29, 0.717) is 0 Å². The van der Waals surface area contributed by atoms with Crippen molar-refractivity contribution in [2.24, 2.45) is 0 Å². The number of allylic oxidation sites excluding steroid dienone is 4. The van der Waals surface area contributed by atoms with Gasteiger partial charge >= 0.3 is 270 Å². The number of rotatable bonds is 10. The molecule has 0 spiro atoms. The van der Waals surface area contributed by atoms with E-state index in [9.17, 15) is 0 Å². The molecule has 1 aliphatic carbocycles. The van der Waals surface area contributed by atoms with Gasteiger partial charge < -0.3 is 0 Å². The quantitative estimate of drug-likeness (QED) is 0.208. The van der Waals surface area contributed by atoms with E-state index in [4.69, 9.17) is 4.74 Å². The zero-order chi connectivity index (χ0) is 30.8. The van der Waals surface area contributed by atoms with Crippen LogP contribution in [0.5, 0.6) is 5.75 Å². The van der Waals surface area contributed by atoms with Gasteiger partial charge in [0.1, 0.15) is 0 Å². The monoisotopic (exact) mass is 726 g/mol. The maximum atomic E-state index is 6.23. The fraction of sp³-hybridized carbons (Fsp3) is 0.421. The fourth-order valence-electron chi connectivity index (χ4n) is 5.73. The molecule has 0 fully saturated rings. The Kier molecular flexibility index (Phi) is 10.3. The number of nitrogens with zero attached hydrogens (tertiary/aromatic N) is 2. The molecule has 4 heteroatoms. The summed E-state index contributed by atoms with van der Waals surface area (Å²) in [5.74, 6) is 1.04. The molecule has 0 bridgehead atoms. The van der Waals surface area contributed by atoms with Crippen LogP contribution in [0.3, 0.4) is 0 Å². The Balaban J connectivity index is 1.91. The van der Waals surface area contributed by atoms with E-state index in [1.165, 1.54) is 39.2 Å². The molecule has 234 valence electrons. The van der Waals surface area contributed by atoms with Gasteiger partial charge in [0, 0.05) is 0 Å². The molecule has 0 aromatic heterocycles. The van der Waals surface area contributed by atoms with E-state index in [1.54, 1.807) is 7.37 Å².